The Morgan fingerprint density at radius 2 is 1.62 bits per heavy atom. The van der Waals surface area contributed by atoms with Crippen LogP contribution >= 0.6 is 0 Å². The molecule has 4 rings (SSSR count). The van der Waals surface area contributed by atoms with Crippen LogP contribution in [0.5, 0.6) is 5.75 Å². The first kappa shape index (κ1) is 21.1. The van der Waals surface area contributed by atoms with E-state index in [1.165, 1.54) is 6.92 Å². The maximum Gasteiger partial charge on any atom is 0.408 e. The van der Waals surface area contributed by atoms with Gasteiger partial charge in [0, 0.05) is 10.9 Å². The number of hydrogen-bond acceptors (Lipinski definition) is 6. The molecule has 0 aliphatic carbocycles. The average Bonchev–Trinajstić information content (AvgIpc) is 2.80. The van der Waals surface area contributed by atoms with Crippen molar-refractivity contribution in [2.45, 2.75) is 26.5 Å². The number of esters is 1. The first-order chi connectivity index (χ1) is 15.4. The molecule has 4 aromatic rings. The molecular formula is C25H21NO6. The Morgan fingerprint density at radius 1 is 0.938 bits per heavy atom. The molecule has 32 heavy (non-hydrogen) atoms. The topological polar surface area (TPSA) is 94.8 Å². The highest BCUT2D eigenvalue weighted by atomic mass is 16.6. The molecule has 0 aliphatic heterocycles. The molecule has 1 aromatic heterocycles. The van der Waals surface area contributed by atoms with Gasteiger partial charge in [-0.1, -0.05) is 48.5 Å². The Balaban J connectivity index is 1.47. The molecule has 162 valence electrons. The number of hydrogen-bond donors (Lipinski definition) is 1. The van der Waals surface area contributed by atoms with Gasteiger partial charge in [-0.25, -0.2) is 14.4 Å². The summed E-state index contributed by atoms with van der Waals surface area (Å²) in [6.45, 7) is 3.29. The molecule has 0 saturated heterocycles. The standard InChI is InChI=1S/C25H21NO6/c1-15-21(13-12-19-18-10-6-7-11-20(18)24(28)32-22(15)19)31-23(27)16(2)26-25(29)30-14-17-8-4-3-5-9-17/h3-13,16H,14H2,1-2H3,(H,26,29)/t16-/m1/s1. The van der Waals surface area contributed by atoms with Gasteiger partial charge < -0.3 is 19.2 Å². The molecule has 0 unspecified atom stereocenters. The molecule has 1 N–H and O–H groups in total. The van der Waals surface area contributed by atoms with Gasteiger partial charge in [-0.15, -0.1) is 0 Å². The quantitative estimate of drug-likeness (QED) is 0.217. The second-order valence-corrected chi connectivity index (χ2v) is 7.35. The zero-order chi connectivity index (χ0) is 22.7. The van der Waals surface area contributed by atoms with E-state index >= 15 is 0 Å². The summed E-state index contributed by atoms with van der Waals surface area (Å²) in [5.74, 6) is -0.431. The minimum atomic E-state index is -0.947. The van der Waals surface area contributed by atoms with E-state index < -0.39 is 23.7 Å². The summed E-state index contributed by atoms with van der Waals surface area (Å²) in [5, 5.41) is 4.44. The number of carbonyl (C=O) groups is 2. The second kappa shape index (κ2) is 8.93. The van der Waals surface area contributed by atoms with Gasteiger partial charge in [0.15, 0.2) is 0 Å². The van der Waals surface area contributed by atoms with E-state index in [4.69, 9.17) is 13.9 Å². The third-order valence-electron chi connectivity index (χ3n) is 5.10. The molecule has 1 atom stereocenters. The lowest BCUT2D eigenvalue weighted by Crippen LogP contribution is -2.41. The molecular weight excluding hydrogens is 410 g/mol. The van der Waals surface area contributed by atoms with Crippen LogP contribution in [0.2, 0.25) is 0 Å². The Kier molecular flexibility index (Phi) is 5.89. The minimum absolute atomic E-state index is 0.0885. The lowest BCUT2D eigenvalue weighted by Gasteiger charge is -2.15. The van der Waals surface area contributed by atoms with Crippen LogP contribution in [-0.2, 0) is 16.1 Å². The van der Waals surface area contributed by atoms with E-state index in [0.29, 0.717) is 16.5 Å². The Hall–Kier alpha value is -4.13. The molecule has 0 aliphatic rings. The number of aryl methyl sites for hydroxylation is 1. The van der Waals surface area contributed by atoms with Gasteiger partial charge in [0.25, 0.3) is 0 Å². The normalized spacial score (nSPS) is 11.8. The summed E-state index contributed by atoms with van der Waals surface area (Å²) >= 11 is 0. The van der Waals surface area contributed by atoms with Gasteiger partial charge in [-0.2, -0.15) is 0 Å². The monoisotopic (exact) mass is 431 g/mol. The fourth-order valence-corrected chi connectivity index (χ4v) is 3.37. The van der Waals surface area contributed by atoms with E-state index in [9.17, 15) is 14.4 Å². The summed E-state index contributed by atoms with van der Waals surface area (Å²) in [6, 6.07) is 18.8. The predicted octanol–water partition coefficient (Wildman–Crippen LogP) is 4.47. The fourth-order valence-electron chi connectivity index (χ4n) is 3.37. The molecule has 1 heterocycles. The zero-order valence-electron chi connectivity index (χ0n) is 17.6. The third-order valence-corrected chi connectivity index (χ3v) is 5.10. The first-order valence-corrected chi connectivity index (χ1v) is 10.1. The van der Waals surface area contributed by atoms with Crippen molar-refractivity contribution in [1.29, 1.82) is 0 Å². The predicted molar refractivity (Wildman–Crippen MR) is 120 cm³/mol. The van der Waals surface area contributed by atoms with Crippen LogP contribution in [0, 0.1) is 6.92 Å². The lowest BCUT2D eigenvalue weighted by molar-refractivity contribution is -0.136. The van der Waals surface area contributed by atoms with Gasteiger partial charge in [0.1, 0.15) is 24.0 Å². The SMILES string of the molecule is Cc1c(OC(=O)[C@@H](C)NC(=O)OCc2ccccc2)ccc2c1oc(=O)c1ccccc12. The third kappa shape index (κ3) is 4.32. The number of ether oxygens (including phenoxy) is 2. The minimum Gasteiger partial charge on any atom is -0.445 e. The van der Waals surface area contributed by atoms with Crippen molar-refractivity contribution in [3.63, 3.8) is 0 Å². The van der Waals surface area contributed by atoms with Gasteiger partial charge in [-0.3, -0.25) is 0 Å². The van der Waals surface area contributed by atoms with Crippen molar-refractivity contribution in [3.8, 4) is 5.75 Å². The molecule has 0 fully saturated rings. The number of rotatable bonds is 5. The van der Waals surface area contributed by atoms with Gasteiger partial charge in [0.05, 0.1) is 5.39 Å². The fraction of sp³-hybridized carbons (Fsp3) is 0.160. The van der Waals surface area contributed by atoms with E-state index in [0.717, 1.165) is 16.3 Å². The average molecular weight is 431 g/mol. The summed E-state index contributed by atoms with van der Waals surface area (Å²) in [5.41, 5.74) is 1.23. The molecule has 0 bridgehead atoms. The summed E-state index contributed by atoms with van der Waals surface area (Å²) in [4.78, 5) is 36.8. The number of alkyl carbamates (subject to hydrolysis) is 1. The lowest BCUT2D eigenvalue weighted by atomic mass is 10.0. The summed E-state index contributed by atoms with van der Waals surface area (Å²) in [7, 11) is 0. The van der Waals surface area contributed by atoms with Crippen molar-refractivity contribution in [2.24, 2.45) is 0 Å². The summed E-state index contributed by atoms with van der Waals surface area (Å²) in [6.07, 6.45) is -0.731. The Labute approximate surface area is 183 Å². The zero-order valence-corrected chi connectivity index (χ0v) is 17.6. The van der Waals surface area contributed by atoms with Crippen LogP contribution in [0.1, 0.15) is 18.1 Å². The molecule has 1 amide bonds. The van der Waals surface area contributed by atoms with Crippen LogP contribution in [0.25, 0.3) is 21.7 Å². The molecule has 3 aromatic carbocycles. The summed E-state index contributed by atoms with van der Waals surface area (Å²) < 4.78 is 16.1. The van der Waals surface area contributed by atoms with E-state index in [-0.39, 0.29) is 12.4 Å². The van der Waals surface area contributed by atoms with Gasteiger partial charge in [0.2, 0.25) is 0 Å². The van der Waals surface area contributed by atoms with Crippen molar-refractivity contribution < 1.29 is 23.5 Å². The maximum atomic E-state index is 12.5. The molecule has 7 heteroatoms. The highest BCUT2D eigenvalue weighted by molar-refractivity contribution is 6.05. The van der Waals surface area contributed by atoms with Crippen LogP contribution < -0.4 is 15.7 Å². The van der Waals surface area contributed by atoms with Crippen molar-refractivity contribution in [2.75, 3.05) is 0 Å². The number of fused-ring (bicyclic) bond motifs is 3. The van der Waals surface area contributed by atoms with Crippen molar-refractivity contribution in [1.82, 2.24) is 5.32 Å². The highest BCUT2D eigenvalue weighted by Gasteiger charge is 2.21. The largest absolute Gasteiger partial charge is 0.445 e. The van der Waals surface area contributed by atoms with Crippen molar-refractivity contribution in [3.05, 3.63) is 88.3 Å². The molecule has 0 spiro atoms. The number of amides is 1. The van der Waals surface area contributed by atoms with Crippen LogP contribution in [0.4, 0.5) is 4.79 Å². The smallest absolute Gasteiger partial charge is 0.408 e. The van der Waals surface area contributed by atoms with Crippen LogP contribution in [0.15, 0.2) is 75.9 Å². The molecule has 0 radical (unpaired) electrons. The van der Waals surface area contributed by atoms with Crippen LogP contribution in [0.3, 0.4) is 0 Å². The van der Waals surface area contributed by atoms with E-state index in [1.807, 2.05) is 42.5 Å². The molecule has 0 saturated carbocycles. The van der Waals surface area contributed by atoms with Crippen molar-refractivity contribution >= 4 is 33.8 Å². The Bertz CT molecular complexity index is 1360. The number of carbonyl (C=O) groups excluding carboxylic acids is 2. The Morgan fingerprint density at radius 3 is 2.38 bits per heavy atom. The number of benzene rings is 3. The number of nitrogens with one attached hydrogen (secondary N) is 1. The van der Waals surface area contributed by atoms with Gasteiger partial charge >= 0.3 is 17.7 Å². The maximum absolute atomic E-state index is 12.5. The highest BCUT2D eigenvalue weighted by Crippen LogP contribution is 2.31. The molecule has 7 nitrogen and oxygen atoms in total. The second-order valence-electron chi connectivity index (χ2n) is 7.35. The van der Waals surface area contributed by atoms with E-state index in [1.54, 1.807) is 31.2 Å². The van der Waals surface area contributed by atoms with E-state index in [2.05, 4.69) is 5.32 Å². The first-order valence-electron chi connectivity index (χ1n) is 10.1. The van der Waals surface area contributed by atoms with Gasteiger partial charge in [-0.05, 0) is 43.0 Å². The van der Waals surface area contributed by atoms with Crippen LogP contribution in [-0.4, -0.2) is 18.1 Å².